The molecule has 0 bridgehead atoms. The van der Waals surface area contributed by atoms with E-state index < -0.39 is 36.1 Å². The summed E-state index contributed by atoms with van der Waals surface area (Å²) in [6.45, 7) is -0.730. The number of halogens is 2. The van der Waals surface area contributed by atoms with Gasteiger partial charge in [-0.25, -0.2) is 4.79 Å². The Labute approximate surface area is 195 Å². The van der Waals surface area contributed by atoms with E-state index in [9.17, 15) is 28.0 Å². The number of anilines is 1. The number of imide groups is 1. The molecule has 3 amide bonds. The minimum Gasteiger partial charge on any atom is -0.467 e. The van der Waals surface area contributed by atoms with Crippen LogP contribution in [0.25, 0.3) is 0 Å². The number of amides is 3. The molecule has 0 saturated heterocycles. The van der Waals surface area contributed by atoms with E-state index in [1.807, 2.05) is 0 Å². The zero-order chi connectivity index (χ0) is 24.2. The molecule has 1 aliphatic heterocycles. The molecule has 1 aromatic heterocycles. The number of hydrogen-bond donors (Lipinski definition) is 1. The number of furan rings is 1. The first-order chi connectivity index (χ1) is 16.3. The van der Waals surface area contributed by atoms with Crippen LogP contribution in [0.15, 0.2) is 70.2 Å². The fourth-order valence-electron chi connectivity index (χ4n) is 3.29. The first kappa shape index (κ1) is 23.2. The fourth-order valence-corrected chi connectivity index (χ4v) is 3.88. The van der Waals surface area contributed by atoms with Gasteiger partial charge in [0, 0.05) is 4.90 Å². The molecule has 0 unspecified atom stereocenters. The molecule has 11 heteroatoms. The van der Waals surface area contributed by atoms with Crippen molar-refractivity contribution in [3.05, 3.63) is 83.3 Å². The second-order valence-corrected chi connectivity index (χ2v) is 8.07. The molecule has 1 N–H and O–H groups in total. The maximum absolute atomic E-state index is 12.7. The molecule has 0 atom stereocenters. The lowest BCUT2D eigenvalue weighted by atomic mass is 10.1. The molecule has 1 aliphatic rings. The Morgan fingerprint density at radius 2 is 1.79 bits per heavy atom. The van der Waals surface area contributed by atoms with E-state index in [4.69, 9.17) is 9.15 Å². The predicted molar refractivity (Wildman–Crippen MR) is 117 cm³/mol. The molecule has 34 heavy (non-hydrogen) atoms. The summed E-state index contributed by atoms with van der Waals surface area (Å²) in [6, 6.07) is 13.1. The minimum atomic E-state index is -2.67. The van der Waals surface area contributed by atoms with Crippen LogP contribution in [0.2, 0.25) is 0 Å². The van der Waals surface area contributed by atoms with Gasteiger partial charge in [-0.15, -0.1) is 0 Å². The Morgan fingerprint density at radius 1 is 1.03 bits per heavy atom. The Hall–Kier alpha value is -3.99. The molecule has 174 valence electrons. The number of rotatable bonds is 8. The van der Waals surface area contributed by atoms with Crippen molar-refractivity contribution in [3.63, 3.8) is 0 Å². The lowest BCUT2D eigenvalue weighted by molar-refractivity contribution is -0.119. The summed E-state index contributed by atoms with van der Waals surface area (Å²) in [4.78, 5) is 51.0. The van der Waals surface area contributed by atoms with Gasteiger partial charge < -0.3 is 14.5 Å². The Morgan fingerprint density at radius 3 is 2.53 bits per heavy atom. The van der Waals surface area contributed by atoms with Gasteiger partial charge in [0.25, 0.3) is 23.5 Å². The SMILES string of the molecule is O=C(COC(=O)c1ccc2c(c1)C(=O)N(Cc1ccco1)C2=O)Nc1ccccc1SC(F)F. The quantitative estimate of drug-likeness (QED) is 0.289. The summed E-state index contributed by atoms with van der Waals surface area (Å²) in [5, 5.41) is 2.42. The molecule has 2 heterocycles. The normalized spacial score (nSPS) is 12.7. The van der Waals surface area contributed by atoms with E-state index in [0.717, 1.165) is 4.90 Å². The van der Waals surface area contributed by atoms with Gasteiger partial charge in [0.05, 0.1) is 35.2 Å². The third kappa shape index (κ3) is 4.99. The Bertz CT molecular complexity index is 1260. The van der Waals surface area contributed by atoms with Crippen LogP contribution in [-0.2, 0) is 16.1 Å². The molecule has 3 aromatic rings. The molecular formula is C23H16F2N2O6S. The third-order valence-corrected chi connectivity index (χ3v) is 5.60. The first-order valence-corrected chi connectivity index (χ1v) is 10.7. The summed E-state index contributed by atoms with van der Waals surface area (Å²) < 4.78 is 35.5. The smallest absolute Gasteiger partial charge is 0.338 e. The van der Waals surface area contributed by atoms with Crippen molar-refractivity contribution in [1.29, 1.82) is 0 Å². The number of ether oxygens (including phenoxy) is 1. The molecule has 0 saturated carbocycles. The highest BCUT2D eigenvalue weighted by atomic mass is 32.2. The van der Waals surface area contributed by atoms with Crippen molar-refractivity contribution in [1.82, 2.24) is 4.90 Å². The van der Waals surface area contributed by atoms with Crippen LogP contribution in [0, 0.1) is 0 Å². The second kappa shape index (κ2) is 9.87. The number of esters is 1. The van der Waals surface area contributed by atoms with Gasteiger partial charge in [0.2, 0.25) is 0 Å². The molecule has 0 aliphatic carbocycles. The number of hydrogen-bond acceptors (Lipinski definition) is 7. The van der Waals surface area contributed by atoms with E-state index in [1.165, 1.54) is 36.6 Å². The third-order valence-electron chi connectivity index (χ3n) is 4.81. The minimum absolute atomic E-state index is 0.0267. The molecule has 8 nitrogen and oxygen atoms in total. The topological polar surface area (TPSA) is 106 Å². The summed E-state index contributed by atoms with van der Waals surface area (Å²) in [6.07, 6.45) is 1.42. The van der Waals surface area contributed by atoms with E-state index in [-0.39, 0.29) is 45.6 Å². The highest BCUT2D eigenvalue weighted by Crippen LogP contribution is 2.31. The average molecular weight is 486 g/mol. The lowest BCUT2D eigenvalue weighted by Gasteiger charge is -2.11. The first-order valence-electron chi connectivity index (χ1n) is 9.87. The summed E-state index contributed by atoms with van der Waals surface area (Å²) in [7, 11) is 0. The van der Waals surface area contributed by atoms with E-state index in [0.29, 0.717) is 5.76 Å². The summed E-state index contributed by atoms with van der Waals surface area (Å²) in [5.74, 6) is -4.97. The largest absolute Gasteiger partial charge is 0.467 e. The van der Waals surface area contributed by atoms with Crippen LogP contribution in [0.4, 0.5) is 14.5 Å². The van der Waals surface area contributed by atoms with E-state index >= 15 is 0 Å². The summed E-state index contributed by atoms with van der Waals surface area (Å²) in [5.41, 5.74) is 0.306. The van der Waals surface area contributed by atoms with Crippen LogP contribution in [-0.4, -0.2) is 41.0 Å². The molecule has 0 fully saturated rings. The van der Waals surface area contributed by atoms with E-state index in [1.54, 1.807) is 24.3 Å². The van der Waals surface area contributed by atoms with Crippen molar-refractivity contribution in [2.75, 3.05) is 11.9 Å². The van der Waals surface area contributed by atoms with Crippen molar-refractivity contribution in [2.24, 2.45) is 0 Å². The van der Waals surface area contributed by atoms with Gasteiger partial charge in [0.15, 0.2) is 6.61 Å². The zero-order valence-corrected chi connectivity index (χ0v) is 18.1. The maximum atomic E-state index is 12.7. The van der Waals surface area contributed by atoms with Crippen molar-refractivity contribution >= 4 is 41.1 Å². The van der Waals surface area contributed by atoms with Crippen LogP contribution in [0.5, 0.6) is 0 Å². The van der Waals surface area contributed by atoms with Gasteiger partial charge >= 0.3 is 5.97 Å². The zero-order valence-electron chi connectivity index (χ0n) is 17.3. The highest BCUT2D eigenvalue weighted by Gasteiger charge is 2.36. The van der Waals surface area contributed by atoms with Crippen LogP contribution in [0.3, 0.4) is 0 Å². The average Bonchev–Trinajstić information content (AvgIpc) is 3.41. The van der Waals surface area contributed by atoms with Gasteiger partial charge in [-0.05, 0) is 42.5 Å². The number of nitrogens with zero attached hydrogens (tertiary/aromatic N) is 1. The van der Waals surface area contributed by atoms with Crippen molar-refractivity contribution in [2.45, 2.75) is 17.2 Å². The van der Waals surface area contributed by atoms with Crippen LogP contribution < -0.4 is 5.32 Å². The standard InChI is InChI=1S/C23H16F2N2O6S/c24-23(25)34-18-6-2-1-5-17(18)26-19(28)12-33-22(31)13-7-8-15-16(10-13)21(30)27(20(15)29)11-14-4-3-9-32-14/h1-10,23H,11-12H2,(H,26,28). The number of carbonyl (C=O) groups excluding carboxylic acids is 4. The van der Waals surface area contributed by atoms with Crippen molar-refractivity contribution in [3.8, 4) is 0 Å². The second-order valence-electron chi connectivity index (χ2n) is 7.04. The number of alkyl halides is 2. The number of nitrogens with one attached hydrogen (secondary N) is 1. The molecule has 0 spiro atoms. The van der Waals surface area contributed by atoms with Gasteiger partial charge in [-0.3, -0.25) is 19.3 Å². The monoisotopic (exact) mass is 486 g/mol. The fraction of sp³-hybridized carbons (Fsp3) is 0.130. The predicted octanol–water partition coefficient (Wildman–Crippen LogP) is 4.19. The van der Waals surface area contributed by atoms with Gasteiger partial charge in [-0.2, -0.15) is 8.78 Å². The van der Waals surface area contributed by atoms with Crippen LogP contribution >= 0.6 is 11.8 Å². The van der Waals surface area contributed by atoms with E-state index in [2.05, 4.69) is 5.32 Å². The number of thioether (sulfide) groups is 1. The lowest BCUT2D eigenvalue weighted by Crippen LogP contribution is -2.28. The molecule has 4 rings (SSSR count). The number of benzene rings is 2. The number of carbonyl (C=O) groups is 4. The number of para-hydroxylation sites is 1. The summed E-state index contributed by atoms with van der Waals surface area (Å²) >= 11 is 0.276. The molecule has 0 radical (unpaired) electrons. The van der Waals surface area contributed by atoms with Gasteiger partial charge in [-0.1, -0.05) is 23.9 Å². The van der Waals surface area contributed by atoms with Crippen molar-refractivity contribution < 1.29 is 37.1 Å². The number of fused-ring (bicyclic) bond motifs is 1. The molecule has 2 aromatic carbocycles. The van der Waals surface area contributed by atoms with Crippen LogP contribution in [0.1, 0.15) is 36.8 Å². The Balaban J connectivity index is 1.39. The molecular weight excluding hydrogens is 470 g/mol. The maximum Gasteiger partial charge on any atom is 0.338 e. The highest BCUT2D eigenvalue weighted by molar-refractivity contribution is 7.99. The Kier molecular flexibility index (Phi) is 6.73. The van der Waals surface area contributed by atoms with Gasteiger partial charge in [0.1, 0.15) is 5.76 Å².